The van der Waals surface area contributed by atoms with Crippen molar-refractivity contribution in [2.45, 2.75) is 13.8 Å². The second-order valence-electron chi connectivity index (χ2n) is 5.54. The molecule has 0 aliphatic heterocycles. The maximum Gasteiger partial charge on any atom is 0.144 e. The van der Waals surface area contributed by atoms with Gasteiger partial charge in [0.05, 0.1) is 11.2 Å². The Hall–Kier alpha value is -2.61. The lowest BCUT2D eigenvalue weighted by atomic mass is 10.1. The predicted molar refractivity (Wildman–Crippen MR) is 87.6 cm³/mol. The standard InChI is InChI=1S/C19H16N2/c1-13-7-9-15(10-8-13)19-20-14(2)18-11-16-5-3-4-6-17(16)12-21(18)19/h3-12H,1-2H3. The van der Waals surface area contributed by atoms with Crippen LogP contribution in [-0.2, 0) is 0 Å². The zero-order valence-corrected chi connectivity index (χ0v) is 12.2. The smallest absolute Gasteiger partial charge is 0.144 e. The van der Waals surface area contributed by atoms with E-state index in [4.69, 9.17) is 4.98 Å². The van der Waals surface area contributed by atoms with Crippen LogP contribution in [-0.4, -0.2) is 9.38 Å². The van der Waals surface area contributed by atoms with Gasteiger partial charge in [0.2, 0.25) is 0 Å². The van der Waals surface area contributed by atoms with Crippen LogP contribution in [0.5, 0.6) is 0 Å². The van der Waals surface area contributed by atoms with Crippen molar-refractivity contribution in [1.82, 2.24) is 9.38 Å². The maximum absolute atomic E-state index is 4.78. The quantitative estimate of drug-likeness (QED) is 0.488. The first-order valence-electron chi connectivity index (χ1n) is 7.17. The molecule has 0 N–H and O–H groups in total. The van der Waals surface area contributed by atoms with E-state index >= 15 is 0 Å². The Balaban J connectivity index is 2.05. The molecule has 0 spiro atoms. The summed E-state index contributed by atoms with van der Waals surface area (Å²) in [5.74, 6) is 1.01. The van der Waals surface area contributed by atoms with Crippen molar-refractivity contribution in [2.24, 2.45) is 0 Å². The number of benzene rings is 2. The number of aromatic nitrogens is 2. The highest BCUT2D eigenvalue weighted by Crippen LogP contribution is 2.26. The molecule has 2 aromatic heterocycles. The molecule has 0 aliphatic rings. The van der Waals surface area contributed by atoms with E-state index in [0.29, 0.717) is 0 Å². The number of fused-ring (bicyclic) bond motifs is 2. The highest BCUT2D eigenvalue weighted by molar-refractivity contribution is 5.87. The van der Waals surface area contributed by atoms with E-state index in [2.05, 4.69) is 79.0 Å². The molecule has 4 rings (SSSR count). The summed E-state index contributed by atoms with van der Waals surface area (Å²) in [6.07, 6.45) is 2.18. The van der Waals surface area contributed by atoms with Gasteiger partial charge in [0, 0.05) is 11.8 Å². The van der Waals surface area contributed by atoms with Crippen molar-refractivity contribution < 1.29 is 0 Å². The molecule has 2 heterocycles. The lowest BCUT2D eigenvalue weighted by Gasteiger charge is -2.04. The molecule has 4 aromatic rings. The summed E-state index contributed by atoms with van der Waals surface area (Å²) in [5, 5.41) is 2.49. The van der Waals surface area contributed by atoms with Crippen molar-refractivity contribution >= 4 is 16.3 Å². The Labute approximate surface area is 123 Å². The molecule has 0 unspecified atom stereocenters. The first-order chi connectivity index (χ1) is 10.2. The summed E-state index contributed by atoms with van der Waals surface area (Å²) in [4.78, 5) is 4.78. The van der Waals surface area contributed by atoms with Crippen LogP contribution in [0.1, 0.15) is 11.3 Å². The molecule has 0 saturated carbocycles. The van der Waals surface area contributed by atoms with Gasteiger partial charge in [-0.2, -0.15) is 0 Å². The Kier molecular flexibility index (Phi) is 2.58. The van der Waals surface area contributed by atoms with Gasteiger partial charge in [-0.1, -0.05) is 54.1 Å². The van der Waals surface area contributed by atoms with Crippen LogP contribution in [0, 0.1) is 13.8 Å². The first kappa shape index (κ1) is 12.2. The summed E-state index contributed by atoms with van der Waals surface area (Å²) in [6.45, 7) is 4.17. The van der Waals surface area contributed by atoms with Gasteiger partial charge >= 0.3 is 0 Å². The van der Waals surface area contributed by atoms with Gasteiger partial charge in [-0.3, -0.25) is 4.40 Å². The van der Waals surface area contributed by atoms with E-state index < -0.39 is 0 Å². The van der Waals surface area contributed by atoms with Gasteiger partial charge < -0.3 is 0 Å². The summed E-state index contributed by atoms with van der Waals surface area (Å²) in [6, 6.07) is 19.2. The van der Waals surface area contributed by atoms with Gasteiger partial charge in [0.15, 0.2) is 0 Å². The summed E-state index contributed by atoms with van der Waals surface area (Å²) >= 11 is 0. The predicted octanol–water partition coefficient (Wildman–Crippen LogP) is 4.77. The number of pyridine rings is 1. The van der Waals surface area contributed by atoms with Crippen molar-refractivity contribution in [1.29, 1.82) is 0 Å². The molecule has 2 heteroatoms. The summed E-state index contributed by atoms with van der Waals surface area (Å²) in [7, 11) is 0. The van der Waals surface area contributed by atoms with E-state index in [0.717, 1.165) is 17.1 Å². The normalized spacial score (nSPS) is 11.3. The fourth-order valence-corrected chi connectivity index (χ4v) is 2.82. The van der Waals surface area contributed by atoms with E-state index in [1.54, 1.807) is 0 Å². The van der Waals surface area contributed by atoms with Crippen LogP contribution in [0.3, 0.4) is 0 Å². The molecule has 0 aliphatic carbocycles. The molecule has 0 radical (unpaired) electrons. The fraction of sp³-hybridized carbons (Fsp3) is 0.105. The summed E-state index contributed by atoms with van der Waals surface area (Å²) in [5.41, 5.74) is 4.65. The maximum atomic E-state index is 4.78. The van der Waals surface area contributed by atoms with E-state index in [-0.39, 0.29) is 0 Å². The monoisotopic (exact) mass is 272 g/mol. The zero-order chi connectivity index (χ0) is 14.4. The van der Waals surface area contributed by atoms with E-state index in [9.17, 15) is 0 Å². The molecule has 0 bridgehead atoms. The molecule has 0 amide bonds. The SMILES string of the molecule is Cc1ccc(-c2nc(C)c3cc4ccccc4cn23)cc1. The van der Waals surface area contributed by atoms with Crippen LogP contribution in [0.25, 0.3) is 27.7 Å². The van der Waals surface area contributed by atoms with E-state index in [1.165, 1.54) is 21.9 Å². The third-order valence-electron chi connectivity index (χ3n) is 4.00. The van der Waals surface area contributed by atoms with Gasteiger partial charge in [-0.25, -0.2) is 4.98 Å². The zero-order valence-electron chi connectivity index (χ0n) is 12.2. The third kappa shape index (κ3) is 1.91. The fourth-order valence-electron chi connectivity index (χ4n) is 2.82. The van der Waals surface area contributed by atoms with Crippen molar-refractivity contribution in [3.63, 3.8) is 0 Å². The minimum absolute atomic E-state index is 1.01. The average Bonchev–Trinajstić information content (AvgIpc) is 2.83. The Morgan fingerprint density at radius 3 is 2.33 bits per heavy atom. The number of nitrogens with zero attached hydrogens (tertiary/aromatic N) is 2. The molecular weight excluding hydrogens is 256 g/mol. The van der Waals surface area contributed by atoms with Gasteiger partial charge in [0.1, 0.15) is 5.82 Å². The molecule has 102 valence electrons. The largest absolute Gasteiger partial charge is 0.299 e. The minimum atomic E-state index is 1.01. The van der Waals surface area contributed by atoms with Crippen LogP contribution in [0.2, 0.25) is 0 Å². The van der Waals surface area contributed by atoms with Crippen LogP contribution < -0.4 is 0 Å². The molecule has 2 aromatic carbocycles. The molecule has 21 heavy (non-hydrogen) atoms. The Morgan fingerprint density at radius 1 is 0.857 bits per heavy atom. The topological polar surface area (TPSA) is 17.3 Å². The molecule has 0 fully saturated rings. The Morgan fingerprint density at radius 2 is 1.57 bits per heavy atom. The number of aryl methyl sites for hydroxylation is 2. The highest BCUT2D eigenvalue weighted by atomic mass is 15.0. The van der Waals surface area contributed by atoms with Crippen molar-refractivity contribution in [3.05, 3.63) is 72.1 Å². The van der Waals surface area contributed by atoms with Crippen molar-refractivity contribution in [3.8, 4) is 11.4 Å². The summed E-state index contributed by atoms with van der Waals surface area (Å²) < 4.78 is 2.20. The van der Waals surface area contributed by atoms with E-state index in [1.807, 2.05) is 0 Å². The molecule has 0 atom stereocenters. The van der Waals surface area contributed by atoms with Gasteiger partial charge in [0.25, 0.3) is 0 Å². The van der Waals surface area contributed by atoms with Gasteiger partial charge in [-0.15, -0.1) is 0 Å². The van der Waals surface area contributed by atoms with Crippen LogP contribution in [0.15, 0.2) is 60.8 Å². The number of rotatable bonds is 1. The van der Waals surface area contributed by atoms with Gasteiger partial charge in [-0.05, 0) is 30.7 Å². The highest BCUT2D eigenvalue weighted by Gasteiger charge is 2.10. The lowest BCUT2D eigenvalue weighted by Crippen LogP contribution is -1.90. The molecule has 0 saturated heterocycles. The second kappa shape index (κ2) is 4.45. The molecule has 2 nitrogen and oxygen atoms in total. The number of hydrogen-bond acceptors (Lipinski definition) is 1. The number of imidazole rings is 1. The van der Waals surface area contributed by atoms with Crippen LogP contribution in [0.4, 0.5) is 0 Å². The lowest BCUT2D eigenvalue weighted by molar-refractivity contribution is 1.17. The Bertz CT molecular complexity index is 947. The first-order valence-corrected chi connectivity index (χ1v) is 7.17. The third-order valence-corrected chi connectivity index (χ3v) is 4.00. The number of hydrogen-bond donors (Lipinski definition) is 0. The van der Waals surface area contributed by atoms with Crippen molar-refractivity contribution in [2.75, 3.05) is 0 Å². The molecular formula is C19H16N2. The average molecular weight is 272 g/mol. The minimum Gasteiger partial charge on any atom is -0.299 e. The second-order valence-corrected chi connectivity index (χ2v) is 5.54. The van der Waals surface area contributed by atoms with Crippen LogP contribution >= 0.6 is 0 Å².